The Labute approximate surface area is 186 Å². The molecule has 1 amide bonds. The van der Waals surface area contributed by atoms with E-state index in [1.807, 2.05) is 18.2 Å². The third-order valence-electron chi connectivity index (χ3n) is 5.36. The molecule has 0 unspecified atom stereocenters. The molecule has 0 spiro atoms. The highest BCUT2D eigenvalue weighted by Crippen LogP contribution is 2.27. The van der Waals surface area contributed by atoms with E-state index in [0.717, 1.165) is 12.0 Å². The summed E-state index contributed by atoms with van der Waals surface area (Å²) in [5.74, 6) is 1.33. The number of aromatic nitrogens is 2. The topological polar surface area (TPSA) is 102 Å². The standard InChI is InChI=1S/C24H29N3O5/c1-31-20-12-11-17(16-21(20)32-2)13-14-25-22(28)10-4-3-7-15-27-23(29)18-8-5-6-9-19(18)26-24(27)30/h5-6,8-9,11-12,16H,3-4,7,10,13-15H2,1-2H3,(H,25,28)(H,26,30). The second-order valence-electron chi connectivity index (χ2n) is 7.53. The summed E-state index contributed by atoms with van der Waals surface area (Å²) < 4.78 is 11.7. The monoisotopic (exact) mass is 439 g/mol. The van der Waals surface area contributed by atoms with Gasteiger partial charge in [-0.15, -0.1) is 0 Å². The van der Waals surface area contributed by atoms with Crippen molar-refractivity contribution in [2.75, 3.05) is 20.8 Å². The fourth-order valence-electron chi connectivity index (χ4n) is 3.61. The molecule has 0 saturated carbocycles. The van der Waals surface area contributed by atoms with Crippen LogP contribution in [0.5, 0.6) is 11.5 Å². The van der Waals surface area contributed by atoms with Gasteiger partial charge in [0.05, 0.1) is 25.1 Å². The average molecular weight is 440 g/mol. The van der Waals surface area contributed by atoms with Crippen LogP contribution in [-0.4, -0.2) is 36.2 Å². The number of nitrogens with zero attached hydrogens (tertiary/aromatic N) is 1. The quantitative estimate of drug-likeness (QED) is 0.447. The molecule has 8 heteroatoms. The maximum absolute atomic E-state index is 12.5. The van der Waals surface area contributed by atoms with E-state index in [9.17, 15) is 14.4 Å². The van der Waals surface area contributed by atoms with E-state index in [1.54, 1.807) is 38.5 Å². The molecular weight excluding hydrogens is 410 g/mol. The summed E-state index contributed by atoms with van der Waals surface area (Å²) in [4.78, 5) is 39.5. The third-order valence-corrected chi connectivity index (χ3v) is 5.36. The van der Waals surface area contributed by atoms with Crippen molar-refractivity contribution in [3.8, 4) is 11.5 Å². The summed E-state index contributed by atoms with van der Waals surface area (Å²) >= 11 is 0. The van der Waals surface area contributed by atoms with Crippen molar-refractivity contribution in [2.24, 2.45) is 0 Å². The molecule has 8 nitrogen and oxygen atoms in total. The predicted molar refractivity (Wildman–Crippen MR) is 124 cm³/mol. The first-order valence-electron chi connectivity index (χ1n) is 10.7. The highest BCUT2D eigenvalue weighted by Gasteiger charge is 2.08. The van der Waals surface area contributed by atoms with Crippen molar-refractivity contribution in [2.45, 2.75) is 38.6 Å². The van der Waals surface area contributed by atoms with Gasteiger partial charge in [-0.05, 0) is 49.1 Å². The molecule has 2 N–H and O–H groups in total. The van der Waals surface area contributed by atoms with Crippen LogP contribution in [0, 0.1) is 0 Å². The van der Waals surface area contributed by atoms with Gasteiger partial charge in [-0.25, -0.2) is 4.79 Å². The van der Waals surface area contributed by atoms with Crippen LogP contribution in [-0.2, 0) is 17.8 Å². The Morgan fingerprint density at radius 2 is 1.78 bits per heavy atom. The molecule has 3 rings (SSSR count). The van der Waals surface area contributed by atoms with Crippen LogP contribution in [0.4, 0.5) is 0 Å². The first-order chi connectivity index (χ1) is 15.5. The number of carbonyl (C=O) groups is 1. The second kappa shape index (κ2) is 11.2. The summed E-state index contributed by atoms with van der Waals surface area (Å²) in [5.41, 5.74) is 0.913. The molecule has 0 fully saturated rings. The summed E-state index contributed by atoms with van der Waals surface area (Å²) in [7, 11) is 3.19. The van der Waals surface area contributed by atoms with Gasteiger partial charge >= 0.3 is 5.69 Å². The number of methoxy groups -OCH3 is 2. The zero-order valence-corrected chi connectivity index (χ0v) is 18.5. The lowest BCUT2D eigenvalue weighted by Crippen LogP contribution is -2.35. The first kappa shape index (κ1) is 23.1. The summed E-state index contributed by atoms with van der Waals surface area (Å²) in [5, 5.41) is 3.42. The van der Waals surface area contributed by atoms with Gasteiger partial charge in [-0.2, -0.15) is 0 Å². The zero-order chi connectivity index (χ0) is 22.9. The van der Waals surface area contributed by atoms with Gasteiger partial charge in [0.2, 0.25) is 5.91 Å². The molecule has 0 saturated heterocycles. The molecule has 0 bridgehead atoms. The molecule has 1 aromatic heterocycles. The maximum atomic E-state index is 12.5. The van der Waals surface area contributed by atoms with E-state index in [0.29, 0.717) is 61.2 Å². The van der Waals surface area contributed by atoms with Crippen LogP contribution < -0.4 is 26.0 Å². The number of hydrogen-bond acceptors (Lipinski definition) is 5. The number of hydrogen-bond donors (Lipinski definition) is 2. The van der Waals surface area contributed by atoms with Gasteiger partial charge in [-0.1, -0.05) is 24.6 Å². The number of amides is 1. The minimum absolute atomic E-state index is 0.00815. The minimum atomic E-state index is -0.401. The Bertz CT molecular complexity index is 1180. The van der Waals surface area contributed by atoms with Gasteiger partial charge < -0.3 is 19.8 Å². The van der Waals surface area contributed by atoms with Gasteiger partial charge in [0.25, 0.3) is 5.56 Å². The van der Waals surface area contributed by atoms with Crippen LogP contribution in [0.1, 0.15) is 31.2 Å². The number of H-pyrrole nitrogens is 1. The highest BCUT2D eigenvalue weighted by atomic mass is 16.5. The lowest BCUT2D eigenvalue weighted by atomic mass is 10.1. The van der Waals surface area contributed by atoms with Crippen LogP contribution in [0.15, 0.2) is 52.1 Å². The van der Waals surface area contributed by atoms with E-state index in [-0.39, 0.29) is 11.5 Å². The Balaban J connectivity index is 1.38. The lowest BCUT2D eigenvalue weighted by Gasteiger charge is -2.10. The number of unbranched alkanes of at least 4 members (excludes halogenated alkanes) is 2. The van der Waals surface area contributed by atoms with Gasteiger partial charge in [0.15, 0.2) is 11.5 Å². The lowest BCUT2D eigenvalue weighted by molar-refractivity contribution is -0.121. The molecule has 0 atom stereocenters. The van der Waals surface area contributed by atoms with Crippen molar-refractivity contribution in [3.63, 3.8) is 0 Å². The van der Waals surface area contributed by atoms with Gasteiger partial charge in [0.1, 0.15) is 0 Å². The van der Waals surface area contributed by atoms with E-state index < -0.39 is 5.69 Å². The van der Waals surface area contributed by atoms with E-state index in [2.05, 4.69) is 10.3 Å². The van der Waals surface area contributed by atoms with E-state index >= 15 is 0 Å². The molecule has 0 aliphatic carbocycles. The molecule has 3 aromatic rings. The second-order valence-corrected chi connectivity index (χ2v) is 7.53. The van der Waals surface area contributed by atoms with Crippen molar-refractivity contribution in [1.82, 2.24) is 14.9 Å². The largest absolute Gasteiger partial charge is 0.493 e. The van der Waals surface area contributed by atoms with Crippen molar-refractivity contribution in [3.05, 3.63) is 68.9 Å². The SMILES string of the molecule is COc1ccc(CCNC(=O)CCCCCn2c(=O)[nH]c3ccccc3c2=O)cc1OC. The van der Waals surface area contributed by atoms with E-state index in [4.69, 9.17) is 9.47 Å². The van der Waals surface area contributed by atoms with Crippen LogP contribution >= 0.6 is 0 Å². The Hall–Kier alpha value is -3.55. The average Bonchev–Trinajstić information content (AvgIpc) is 2.80. The molecule has 0 aliphatic rings. The minimum Gasteiger partial charge on any atom is -0.493 e. The summed E-state index contributed by atoms with van der Waals surface area (Å²) in [6.45, 7) is 0.871. The van der Waals surface area contributed by atoms with Gasteiger partial charge in [-0.3, -0.25) is 14.2 Å². The van der Waals surface area contributed by atoms with Crippen LogP contribution in [0.25, 0.3) is 10.9 Å². The Kier molecular flexibility index (Phi) is 8.08. The molecule has 32 heavy (non-hydrogen) atoms. The number of fused-ring (bicyclic) bond motifs is 1. The first-order valence-corrected chi connectivity index (χ1v) is 10.7. The molecule has 2 aromatic carbocycles. The number of nitrogens with one attached hydrogen (secondary N) is 2. The smallest absolute Gasteiger partial charge is 0.328 e. The maximum Gasteiger partial charge on any atom is 0.328 e. The Morgan fingerprint density at radius 1 is 1.00 bits per heavy atom. The Morgan fingerprint density at radius 3 is 2.56 bits per heavy atom. The molecule has 0 radical (unpaired) electrons. The van der Waals surface area contributed by atoms with Crippen LogP contribution in [0.3, 0.4) is 0 Å². The molecular formula is C24H29N3O5. The van der Waals surface area contributed by atoms with Crippen LogP contribution in [0.2, 0.25) is 0 Å². The highest BCUT2D eigenvalue weighted by molar-refractivity contribution is 5.77. The zero-order valence-electron chi connectivity index (χ0n) is 18.5. The normalized spacial score (nSPS) is 10.8. The molecule has 0 aliphatic heterocycles. The van der Waals surface area contributed by atoms with Crippen molar-refractivity contribution >= 4 is 16.8 Å². The molecule has 1 heterocycles. The van der Waals surface area contributed by atoms with Crippen molar-refractivity contribution < 1.29 is 14.3 Å². The van der Waals surface area contributed by atoms with E-state index in [1.165, 1.54) is 4.57 Å². The fraction of sp³-hybridized carbons (Fsp3) is 0.375. The number of carbonyl (C=O) groups excluding carboxylic acids is 1. The third kappa shape index (κ3) is 5.78. The number of ether oxygens (including phenoxy) is 2. The number of rotatable bonds is 11. The number of para-hydroxylation sites is 1. The van der Waals surface area contributed by atoms with Crippen molar-refractivity contribution in [1.29, 1.82) is 0 Å². The summed E-state index contributed by atoms with van der Waals surface area (Å²) in [6, 6.07) is 12.7. The summed E-state index contributed by atoms with van der Waals surface area (Å²) in [6.07, 6.45) is 3.21. The van der Waals surface area contributed by atoms with Gasteiger partial charge in [0, 0.05) is 19.5 Å². The number of aromatic amines is 1. The predicted octanol–water partition coefficient (Wildman–Crippen LogP) is 2.63. The number of benzene rings is 2. The fourth-order valence-corrected chi connectivity index (χ4v) is 3.61. The molecule has 170 valence electrons.